The Balaban J connectivity index is 2.07. The summed E-state index contributed by atoms with van der Waals surface area (Å²) in [7, 11) is 1.99. The number of nitrogens with one attached hydrogen (secondary N) is 1. The summed E-state index contributed by atoms with van der Waals surface area (Å²) in [4.78, 5) is 4.14. The van der Waals surface area contributed by atoms with E-state index in [1.165, 1.54) is 24.7 Å². The number of rotatable bonds is 1. The van der Waals surface area contributed by atoms with Crippen molar-refractivity contribution in [3.63, 3.8) is 0 Å². The molecule has 0 spiro atoms. The van der Waals surface area contributed by atoms with E-state index in [-0.39, 0.29) is 5.82 Å². The van der Waals surface area contributed by atoms with Crippen molar-refractivity contribution in [2.45, 2.75) is 18.8 Å². The highest BCUT2D eigenvalue weighted by Crippen LogP contribution is 2.27. The molecular weight excluding hydrogens is 217 g/mol. The molecule has 90 valence electrons. The van der Waals surface area contributed by atoms with E-state index in [0.29, 0.717) is 5.92 Å². The van der Waals surface area contributed by atoms with Crippen LogP contribution in [0.4, 0.5) is 4.39 Å². The number of aryl methyl sites for hydroxylation is 1. The number of aromatic nitrogens is 2. The third-order valence-corrected chi connectivity index (χ3v) is 3.61. The second-order valence-electron chi connectivity index (χ2n) is 4.73. The van der Waals surface area contributed by atoms with Gasteiger partial charge in [-0.1, -0.05) is 0 Å². The number of pyridine rings is 1. The largest absolute Gasteiger partial charge is 0.346 e. The third kappa shape index (κ3) is 1.82. The molecule has 1 saturated heterocycles. The summed E-state index contributed by atoms with van der Waals surface area (Å²) in [5.74, 6) is 0.248. The smallest absolute Gasteiger partial charge is 0.143 e. The van der Waals surface area contributed by atoms with E-state index in [1.807, 2.05) is 7.05 Å². The molecule has 0 radical (unpaired) electrons. The lowest BCUT2D eigenvalue weighted by Crippen LogP contribution is -2.29. The van der Waals surface area contributed by atoms with Crippen LogP contribution in [0.5, 0.6) is 0 Å². The van der Waals surface area contributed by atoms with Crippen LogP contribution in [0.25, 0.3) is 11.0 Å². The van der Waals surface area contributed by atoms with Gasteiger partial charge in [0.25, 0.3) is 0 Å². The first-order valence-electron chi connectivity index (χ1n) is 6.07. The summed E-state index contributed by atoms with van der Waals surface area (Å²) >= 11 is 0. The van der Waals surface area contributed by atoms with Crippen molar-refractivity contribution in [3.8, 4) is 0 Å². The van der Waals surface area contributed by atoms with Crippen LogP contribution in [0.1, 0.15) is 24.5 Å². The van der Waals surface area contributed by atoms with E-state index in [2.05, 4.69) is 20.9 Å². The Hall–Kier alpha value is -1.42. The second-order valence-corrected chi connectivity index (χ2v) is 4.73. The van der Waals surface area contributed by atoms with Gasteiger partial charge in [-0.15, -0.1) is 0 Å². The zero-order valence-corrected chi connectivity index (χ0v) is 9.91. The minimum absolute atomic E-state index is 0.271. The highest BCUT2D eigenvalue weighted by atomic mass is 19.1. The van der Waals surface area contributed by atoms with Gasteiger partial charge in [-0.2, -0.15) is 0 Å². The summed E-state index contributed by atoms with van der Waals surface area (Å²) < 4.78 is 15.3. The van der Waals surface area contributed by atoms with Gasteiger partial charge in [-0.3, -0.25) is 4.98 Å². The zero-order chi connectivity index (χ0) is 11.8. The Kier molecular flexibility index (Phi) is 2.59. The van der Waals surface area contributed by atoms with Crippen LogP contribution in [0.3, 0.4) is 0 Å². The van der Waals surface area contributed by atoms with E-state index in [9.17, 15) is 4.39 Å². The molecular formula is C13H16FN3. The van der Waals surface area contributed by atoms with E-state index in [1.54, 1.807) is 6.07 Å². The highest BCUT2D eigenvalue weighted by molar-refractivity contribution is 5.77. The van der Waals surface area contributed by atoms with E-state index in [4.69, 9.17) is 0 Å². The molecule has 0 aromatic carbocycles. The molecule has 1 atom stereocenters. The molecule has 1 unspecified atom stereocenters. The van der Waals surface area contributed by atoms with Crippen molar-refractivity contribution >= 4 is 11.0 Å². The second kappa shape index (κ2) is 4.11. The lowest BCUT2D eigenvalue weighted by atomic mass is 9.96. The van der Waals surface area contributed by atoms with Crippen molar-refractivity contribution in [2.24, 2.45) is 7.05 Å². The van der Waals surface area contributed by atoms with Gasteiger partial charge >= 0.3 is 0 Å². The Morgan fingerprint density at radius 2 is 2.35 bits per heavy atom. The Morgan fingerprint density at radius 3 is 3.12 bits per heavy atom. The standard InChI is InChI=1S/C13H16FN3/c1-17-12(9-3-2-4-15-7-9)6-11-13(17)5-10(14)8-16-11/h5-6,8-9,15H,2-4,7H2,1H3. The van der Waals surface area contributed by atoms with E-state index < -0.39 is 0 Å². The third-order valence-electron chi connectivity index (χ3n) is 3.61. The van der Waals surface area contributed by atoms with Gasteiger partial charge in [0.1, 0.15) is 5.82 Å². The first-order chi connectivity index (χ1) is 8.25. The summed E-state index contributed by atoms with van der Waals surface area (Å²) in [6, 6.07) is 3.65. The van der Waals surface area contributed by atoms with Gasteiger partial charge in [-0.25, -0.2) is 4.39 Å². The van der Waals surface area contributed by atoms with Gasteiger partial charge in [-0.05, 0) is 25.5 Å². The fraction of sp³-hybridized carbons (Fsp3) is 0.462. The first kappa shape index (κ1) is 10.7. The lowest BCUT2D eigenvalue weighted by Gasteiger charge is -2.23. The summed E-state index contributed by atoms with van der Waals surface area (Å²) in [6.07, 6.45) is 3.68. The molecule has 3 rings (SSSR count). The zero-order valence-electron chi connectivity index (χ0n) is 9.91. The lowest BCUT2D eigenvalue weighted by molar-refractivity contribution is 0.448. The van der Waals surface area contributed by atoms with Crippen LogP contribution < -0.4 is 5.32 Å². The van der Waals surface area contributed by atoms with Crippen LogP contribution >= 0.6 is 0 Å². The monoisotopic (exact) mass is 233 g/mol. The first-order valence-corrected chi connectivity index (χ1v) is 6.07. The molecule has 1 N–H and O–H groups in total. The number of piperidine rings is 1. The molecule has 0 saturated carbocycles. The van der Waals surface area contributed by atoms with Gasteiger partial charge in [0, 0.05) is 31.3 Å². The summed E-state index contributed by atoms with van der Waals surface area (Å²) in [5, 5.41) is 3.41. The van der Waals surface area contributed by atoms with Crippen molar-refractivity contribution in [3.05, 3.63) is 29.8 Å². The Morgan fingerprint density at radius 1 is 1.47 bits per heavy atom. The molecule has 1 fully saturated rings. The molecule has 0 aliphatic carbocycles. The number of hydrogen-bond acceptors (Lipinski definition) is 2. The fourth-order valence-corrected chi connectivity index (χ4v) is 2.69. The van der Waals surface area contributed by atoms with Gasteiger partial charge < -0.3 is 9.88 Å². The van der Waals surface area contributed by atoms with Gasteiger partial charge in [0.05, 0.1) is 17.2 Å². The van der Waals surface area contributed by atoms with Gasteiger partial charge in [0.15, 0.2) is 0 Å². The molecule has 2 aromatic rings. The molecule has 3 heterocycles. The maximum Gasteiger partial charge on any atom is 0.143 e. The predicted octanol–water partition coefficient (Wildman–Crippen LogP) is 2.18. The Labute approximate surface area is 99.7 Å². The molecule has 0 bridgehead atoms. The molecule has 4 heteroatoms. The SMILES string of the molecule is Cn1c(C2CCCNC2)cc2ncc(F)cc21. The van der Waals surface area contributed by atoms with Crippen molar-refractivity contribution in [2.75, 3.05) is 13.1 Å². The predicted molar refractivity (Wildman–Crippen MR) is 65.5 cm³/mol. The molecule has 3 nitrogen and oxygen atoms in total. The summed E-state index contributed by atoms with van der Waals surface area (Å²) in [5.41, 5.74) is 3.02. The quantitative estimate of drug-likeness (QED) is 0.818. The minimum Gasteiger partial charge on any atom is -0.346 e. The van der Waals surface area contributed by atoms with Crippen molar-refractivity contribution in [1.29, 1.82) is 0 Å². The highest BCUT2D eigenvalue weighted by Gasteiger charge is 2.19. The van der Waals surface area contributed by atoms with Crippen LogP contribution in [0.2, 0.25) is 0 Å². The molecule has 0 amide bonds. The number of nitrogens with zero attached hydrogens (tertiary/aromatic N) is 2. The van der Waals surface area contributed by atoms with Crippen LogP contribution in [0.15, 0.2) is 18.3 Å². The molecule has 2 aromatic heterocycles. The Bertz CT molecular complexity index is 541. The van der Waals surface area contributed by atoms with Crippen LogP contribution in [-0.2, 0) is 7.05 Å². The van der Waals surface area contributed by atoms with Crippen molar-refractivity contribution in [1.82, 2.24) is 14.9 Å². The van der Waals surface area contributed by atoms with Crippen LogP contribution in [-0.4, -0.2) is 22.6 Å². The number of halogens is 1. The minimum atomic E-state index is -0.271. The maximum atomic E-state index is 13.2. The summed E-state index contributed by atoms with van der Waals surface area (Å²) in [6.45, 7) is 2.11. The normalized spacial score (nSPS) is 20.9. The molecule has 1 aliphatic rings. The van der Waals surface area contributed by atoms with Gasteiger partial charge in [0.2, 0.25) is 0 Å². The molecule has 1 aliphatic heterocycles. The maximum absolute atomic E-state index is 13.2. The van der Waals surface area contributed by atoms with Crippen LogP contribution in [0, 0.1) is 5.82 Å². The average molecular weight is 233 g/mol. The molecule has 17 heavy (non-hydrogen) atoms. The number of hydrogen-bond donors (Lipinski definition) is 1. The van der Waals surface area contributed by atoms with E-state index >= 15 is 0 Å². The topological polar surface area (TPSA) is 29.9 Å². The van der Waals surface area contributed by atoms with Crippen molar-refractivity contribution < 1.29 is 4.39 Å². The fourth-order valence-electron chi connectivity index (χ4n) is 2.69. The average Bonchev–Trinajstić information content (AvgIpc) is 2.68. The van der Waals surface area contributed by atoms with E-state index in [0.717, 1.165) is 24.1 Å². The number of fused-ring (bicyclic) bond motifs is 1.